The van der Waals surface area contributed by atoms with Gasteiger partial charge in [0, 0.05) is 6.54 Å². The zero-order chi connectivity index (χ0) is 13.0. The second-order valence-electron chi connectivity index (χ2n) is 4.83. The molecule has 0 aliphatic carbocycles. The number of hydrogen-bond acceptors (Lipinski definition) is 2. The summed E-state index contributed by atoms with van der Waals surface area (Å²) in [5, 5.41) is 11.2. The molecule has 2 heteroatoms. The summed E-state index contributed by atoms with van der Waals surface area (Å²) in [7, 11) is 1.98. The lowest BCUT2D eigenvalue weighted by Gasteiger charge is -2.12. The smallest absolute Gasteiger partial charge is 0.0863 e. The SMILES string of the molecule is Cc1ccc2cc(CCN(C)CC#N)ccc2c1. The van der Waals surface area contributed by atoms with Crippen molar-refractivity contribution in [3.05, 3.63) is 47.5 Å². The lowest BCUT2D eigenvalue weighted by atomic mass is 10.0. The van der Waals surface area contributed by atoms with Crippen molar-refractivity contribution in [2.45, 2.75) is 13.3 Å². The fourth-order valence-corrected chi connectivity index (χ4v) is 2.09. The number of rotatable bonds is 4. The highest BCUT2D eigenvalue weighted by Gasteiger charge is 2.00. The first-order valence-corrected chi connectivity index (χ1v) is 6.24. The quantitative estimate of drug-likeness (QED) is 0.765. The van der Waals surface area contributed by atoms with E-state index in [0.29, 0.717) is 6.54 Å². The van der Waals surface area contributed by atoms with Crippen molar-refractivity contribution in [2.24, 2.45) is 0 Å². The molecule has 0 bridgehead atoms. The predicted octanol–water partition coefficient (Wildman–Crippen LogP) is 3.15. The second-order valence-corrected chi connectivity index (χ2v) is 4.83. The fraction of sp³-hybridized carbons (Fsp3) is 0.312. The molecule has 92 valence electrons. The molecular weight excluding hydrogens is 220 g/mol. The summed E-state index contributed by atoms with van der Waals surface area (Å²) in [6.45, 7) is 3.53. The number of aryl methyl sites for hydroxylation is 1. The van der Waals surface area contributed by atoms with Crippen molar-refractivity contribution < 1.29 is 0 Å². The minimum atomic E-state index is 0.493. The van der Waals surface area contributed by atoms with E-state index in [1.165, 1.54) is 21.9 Å². The van der Waals surface area contributed by atoms with Gasteiger partial charge in [0.2, 0.25) is 0 Å². The molecule has 2 aromatic carbocycles. The zero-order valence-electron chi connectivity index (χ0n) is 11.0. The number of nitriles is 1. The molecule has 0 spiro atoms. The van der Waals surface area contributed by atoms with E-state index in [2.05, 4.69) is 49.4 Å². The highest BCUT2D eigenvalue weighted by molar-refractivity contribution is 5.83. The van der Waals surface area contributed by atoms with Gasteiger partial charge >= 0.3 is 0 Å². The molecule has 2 nitrogen and oxygen atoms in total. The summed E-state index contributed by atoms with van der Waals surface area (Å²) in [6, 6.07) is 15.3. The van der Waals surface area contributed by atoms with E-state index in [1.807, 2.05) is 11.9 Å². The maximum absolute atomic E-state index is 8.61. The Kier molecular flexibility index (Phi) is 3.96. The van der Waals surface area contributed by atoms with Gasteiger partial charge in [-0.1, -0.05) is 42.0 Å². The first kappa shape index (κ1) is 12.6. The molecule has 0 atom stereocenters. The molecule has 0 unspecified atom stereocenters. The molecule has 0 amide bonds. The molecule has 0 saturated carbocycles. The van der Waals surface area contributed by atoms with Gasteiger partial charge in [0.05, 0.1) is 12.6 Å². The van der Waals surface area contributed by atoms with Crippen LogP contribution in [0.15, 0.2) is 36.4 Å². The average molecular weight is 238 g/mol. The van der Waals surface area contributed by atoms with Crippen molar-refractivity contribution >= 4 is 10.8 Å². The van der Waals surface area contributed by atoms with E-state index >= 15 is 0 Å². The van der Waals surface area contributed by atoms with Crippen molar-refractivity contribution in [3.8, 4) is 6.07 Å². The van der Waals surface area contributed by atoms with Crippen LogP contribution in [0, 0.1) is 18.3 Å². The van der Waals surface area contributed by atoms with Gasteiger partial charge in [0.25, 0.3) is 0 Å². The average Bonchev–Trinajstić information content (AvgIpc) is 2.36. The van der Waals surface area contributed by atoms with Crippen molar-refractivity contribution in [3.63, 3.8) is 0 Å². The van der Waals surface area contributed by atoms with Crippen molar-refractivity contribution in [1.29, 1.82) is 5.26 Å². The summed E-state index contributed by atoms with van der Waals surface area (Å²) in [5.41, 5.74) is 2.63. The normalized spacial score (nSPS) is 10.8. The standard InChI is InChI=1S/C16H18N2/c1-13-3-5-16-12-14(4-6-15(16)11-13)7-9-18(2)10-8-17/h3-6,11-12H,7,9-10H2,1-2H3. The summed E-state index contributed by atoms with van der Waals surface area (Å²) in [5.74, 6) is 0. The molecule has 0 fully saturated rings. The van der Waals surface area contributed by atoms with E-state index in [9.17, 15) is 0 Å². The van der Waals surface area contributed by atoms with Crippen LogP contribution in [-0.2, 0) is 6.42 Å². The Morgan fingerprint density at radius 1 is 1.11 bits per heavy atom. The van der Waals surface area contributed by atoms with Gasteiger partial charge in [0.1, 0.15) is 0 Å². The van der Waals surface area contributed by atoms with Crippen LogP contribution in [0.4, 0.5) is 0 Å². The van der Waals surface area contributed by atoms with Gasteiger partial charge in [-0.2, -0.15) is 5.26 Å². The number of fused-ring (bicyclic) bond motifs is 1. The van der Waals surface area contributed by atoms with Crippen LogP contribution >= 0.6 is 0 Å². The maximum atomic E-state index is 8.61. The third-order valence-corrected chi connectivity index (χ3v) is 3.18. The fourth-order valence-electron chi connectivity index (χ4n) is 2.09. The number of nitrogens with zero attached hydrogens (tertiary/aromatic N) is 2. The van der Waals surface area contributed by atoms with Crippen LogP contribution in [0.5, 0.6) is 0 Å². The summed E-state index contributed by atoms with van der Waals surface area (Å²) in [6.07, 6.45) is 0.988. The van der Waals surface area contributed by atoms with E-state index in [4.69, 9.17) is 5.26 Å². The van der Waals surface area contributed by atoms with Crippen molar-refractivity contribution in [2.75, 3.05) is 20.1 Å². The van der Waals surface area contributed by atoms with E-state index < -0.39 is 0 Å². The van der Waals surface area contributed by atoms with Crippen LogP contribution in [0.25, 0.3) is 10.8 Å². The molecule has 0 aliphatic heterocycles. The number of benzene rings is 2. The van der Waals surface area contributed by atoms with Gasteiger partial charge in [-0.25, -0.2) is 0 Å². The molecule has 0 N–H and O–H groups in total. The molecule has 2 rings (SSSR count). The minimum Gasteiger partial charge on any atom is -0.293 e. The highest BCUT2D eigenvalue weighted by Crippen LogP contribution is 2.18. The number of likely N-dealkylation sites (N-methyl/N-ethyl adjacent to an activating group) is 1. The summed E-state index contributed by atoms with van der Waals surface area (Å²) in [4.78, 5) is 2.04. The third-order valence-electron chi connectivity index (χ3n) is 3.18. The van der Waals surface area contributed by atoms with Gasteiger partial charge in [-0.3, -0.25) is 4.90 Å². The summed E-state index contributed by atoms with van der Waals surface area (Å²) >= 11 is 0. The molecule has 0 radical (unpaired) electrons. The van der Waals surface area contributed by atoms with Gasteiger partial charge in [-0.05, 0) is 36.7 Å². The van der Waals surface area contributed by atoms with Crippen LogP contribution in [0.1, 0.15) is 11.1 Å². The monoisotopic (exact) mass is 238 g/mol. The molecule has 0 aromatic heterocycles. The van der Waals surface area contributed by atoms with Gasteiger partial charge < -0.3 is 0 Å². The Balaban J connectivity index is 2.11. The minimum absolute atomic E-state index is 0.493. The molecule has 0 heterocycles. The van der Waals surface area contributed by atoms with E-state index in [-0.39, 0.29) is 0 Å². The Labute approximate surface area is 108 Å². The predicted molar refractivity (Wildman–Crippen MR) is 75.5 cm³/mol. The molecular formula is C16H18N2. The topological polar surface area (TPSA) is 27.0 Å². The maximum Gasteiger partial charge on any atom is 0.0863 e. The Bertz CT molecular complexity index is 581. The van der Waals surface area contributed by atoms with Crippen molar-refractivity contribution in [1.82, 2.24) is 4.90 Å². The first-order chi connectivity index (χ1) is 8.69. The van der Waals surface area contributed by atoms with Crippen LogP contribution in [-0.4, -0.2) is 25.0 Å². The molecule has 0 aliphatic rings. The Morgan fingerprint density at radius 2 is 1.83 bits per heavy atom. The van der Waals surface area contributed by atoms with Gasteiger partial charge in [0.15, 0.2) is 0 Å². The van der Waals surface area contributed by atoms with E-state index in [0.717, 1.165) is 13.0 Å². The third kappa shape index (κ3) is 3.09. The second kappa shape index (κ2) is 5.66. The Hall–Kier alpha value is -1.85. The first-order valence-electron chi connectivity index (χ1n) is 6.24. The van der Waals surface area contributed by atoms with Gasteiger partial charge in [-0.15, -0.1) is 0 Å². The number of hydrogen-bond donors (Lipinski definition) is 0. The Morgan fingerprint density at radius 3 is 2.61 bits per heavy atom. The zero-order valence-corrected chi connectivity index (χ0v) is 11.0. The van der Waals surface area contributed by atoms with Crippen LogP contribution in [0.3, 0.4) is 0 Å². The highest BCUT2D eigenvalue weighted by atomic mass is 15.1. The van der Waals surface area contributed by atoms with Crippen LogP contribution < -0.4 is 0 Å². The lowest BCUT2D eigenvalue weighted by Crippen LogP contribution is -2.21. The van der Waals surface area contributed by atoms with E-state index in [1.54, 1.807) is 0 Å². The molecule has 0 saturated heterocycles. The largest absolute Gasteiger partial charge is 0.293 e. The molecule has 18 heavy (non-hydrogen) atoms. The summed E-state index contributed by atoms with van der Waals surface area (Å²) < 4.78 is 0. The lowest BCUT2D eigenvalue weighted by molar-refractivity contribution is 0.379. The van der Waals surface area contributed by atoms with Crippen LogP contribution in [0.2, 0.25) is 0 Å². The molecule has 2 aromatic rings.